The van der Waals surface area contributed by atoms with Gasteiger partial charge in [0.2, 0.25) is 23.1 Å². The molecule has 0 heterocycles. The first kappa shape index (κ1) is 159. The van der Waals surface area contributed by atoms with Crippen molar-refractivity contribution in [1.82, 2.24) is 24.9 Å². The number of carbonyl (C=O) groups is 19. The zero-order valence-electron chi connectivity index (χ0n) is 78.1. The minimum absolute atomic E-state index is 0.167. The Morgan fingerprint density at radius 3 is 0.544 bits per heavy atom. The molecule has 686 valence electrons. The average molecular weight is 1800 g/mol. The molecule has 0 atom stereocenters. The maximum atomic E-state index is 12.4. The average Bonchev–Trinajstić information content (AvgIpc) is 0.854. The Morgan fingerprint density at radius 1 is 0.386 bits per heavy atom. The zero-order chi connectivity index (χ0) is 99.1. The molecule has 43 heteroatoms. The molecule has 0 spiro atoms. The summed E-state index contributed by atoms with van der Waals surface area (Å²) < 4.78 is 123. The molecule has 32 nitrogen and oxygen atoms in total. The van der Waals surface area contributed by atoms with Crippen molar-refractivity contribution in [2.75, 3.05) is 195 Å². The molecular weight excluding hydrogens is 1650 g/mol. The molecule has 0 fully saturated rings. The molecule has 0 saturated heterocycles. The van der Waals surface area contributed by atoms with E-state index >= 15 is 0 Å². The summed E-state index contributed by atoms with van der Waals surface area (Å²) in [4.78, 5) is 193. The lowest BCUT2D eigenvalue weighted by Gasteiger charge is -2.17. The summed E-state index contributed by atoms with van der Waals surface area (Å²) in [6.07, 6.45) is 8.81. The van der Waals surface area contributed by atoms with Crippen molar-refractivity contribution >= 4 is 170 Å². The number of sulfone groups is 1. The second-order valence-corrected chi connectivity index (χ2v) is 47.9. The molecule has 114 heavy (non-hydrogen) atoms. The summed E-state index contributed by atoms with van der Waals surface area (Å²) in [6, 6.07) is 0. The second-order valence-electron chi connectivity index (χ2n) is 27.4. The highest BCUT2D eigenvalue weighted by molar-refractivity contribution is 7.92. The van der Waals surface area contributed by atoms with Gasteiger partial charge < -0.3 is 67.4 Å². The fourth-order valence-electron chi connectivity index (χ4n) is 1.75. The van der Waals surface area contributed by atoms with Crippen molar-refractivity contribution in [2.45, 2.75) is 157 Å². The maximum Gasteiger partial charge on any atom is 0.381 e. The van der Waals surface area contributed by atoms with E-state index in [1.807, 2.05) is 0 Å². The third-order valence-electron chi connectivity index (χ3n) is 5.54. The van der Waals surface area contributed by atoms with Gasteiger partial charge in [-0.3, -0.25) is 70.7 Å². The van der Waals surface area contributed by atoms with Crippen LogP contribution >= 0.6 is 29.3 Å². The molecular formula is C71H150F4N6O26P4S3. The van der Waals surface area contributed by atoms with Gasteiger partial charge in [0.05, 0.1) is 28.0 Å². The third-order valence-corrected chi connectivity index (χ3v) is 6.42. The molecule has 0 aliphatic rings. The summed E-state index contributed by atoms with van der Waals surface area (Å²) in [6.45, 7) is 50.5. The Morgan fingerprint density at radius 2 is 0.526 bits per heavy atom. The van der Waals surface area contributed by atoms with Gasteiger partial charge in [-0.05, 0) is 177 Å². The number of ketones is 15. The van der Waals surface area contributed by atoms with Crippen LogP contribution in [0.1, 0.15) is 145 Å². The Balaban J connectivity index is -0.0000000457. The predicted molar refractivity (Wildman–Crippen MR) is 463 cm³/mol. The van der Waals surface area contributed by atoms with Gasteiger partial charge in [-0.15, -0.1) is 7.92 Å². The molecule has 0 aromatic carbocycles. The number of nitrogens with zero attached hydrogens (tertiary/aromatic N) is 5. The Labute approximate surface area is 686 Å². The van der Waals surface area contributed by atoms with E-state index in [-0.39, 0.29) is 57.8 Å². The summed E-state index contributed by atoms with van der Waals surface area (Å²) in [5, 5.41) is 2.18. The van der Waals surface area contributed by atoms with Crippen LogP contribution in [0.3, 0.4) is 0 Å². The molecule has 0 aromatic heterocycles. The van der Waals surface area contributed by atoms with E-state index in [0.717, 1.165) is 19.4 Å². The standard InChI is InChI=1S/C6H9F2NO2.C6H11F2NO.2C5H9NO2.C4H7NO2.2C4H6O2.C3H9NOS.3C3H9OP.6C3H6O.C3H9P.C2H6O2S.C2H6OS/c1-4(10)6(7,8)5(11)9(2)3;1-5(10)6(7,8)4-9(2)3;2*1-4(7)5(8)6(2)3;1-3(6)4(7)5-2;2*1-3(5)4(2)6;1-4-6(2,3)5;3*1-5(2,3)4;6*1-3(2)4;1-4(2)3;1-5(2,3)4;1-4(2)3/h1-3H3;4H2,1-3H3;2*1-3H3;1-2H3,(H,5,7);2*1-2H3;1-3H3;3*1-3H3;6*1-2H3;1-3H3;1-2H3;1-2H3. The number of amides is 4. The highest BCUT2D eigenvalue weighted by atomic mass is 32.2. The molecule has 4 amide bonds. The number of hydrogen-bond donors (Lipinski definition) is 1. The quantitative estimate of drug-likeness (QED) is 0.0924. The fraction of sp³-hybridized carbons (Fsp3) is 0.732. The van der Waals surface area contributed by atoms with Gasteiger partial charge in [-0.25, -0.2) is 12.8 Å². The molecule has 0 radical (unpaired) electrons. The summed E-state index contributed by atoms with van der Waals surface area (Å²) in [7, 11) is 4.88. The molecule has 0 rings (SSSR count). The van der Waals surface area contributed by atoms with Crippen LogP contribution in [0, 0.1) is 0 Å². The number of hydrogen-bond acceptors (Lipinski definition) is 28. The zero-order valence-corrected chi connectivity index (χ0v) is 84.1. The van der Waals surface area contributed by atoms with Gasteiger partial charge in [0.1, 0.15) is 44.5 Å². The van der Waals surface area contributed by atoms with Crippen LogP contribution in [0.2, 0.25) is 0 Å². The smallest absolute Gasteiger partial charge is 0.353 e. The van der Waals surface area contributed by atoms with Gasteiger partial charge in [-0.2, -0.15) is 17.6 Å². The van der Waals surface area contributed by atoms with Crippen LogP contribution in [0.25, 0.3) is 0 Å². The van der Waals surface area contributed by atoms with E-state index in [4.69, 9.17) is 0 Å². The van der Waals surface area contributed by atoms with Crippen molar-refractivity contribution in [3.8, 4) is 0 Å². The number of carbonyl (C=O) groups excluding carboxylic acids is 19. The van der Waals surface area contributed by atoms with Gasteiger partial charge in [0, 0.05) is 177 Å². The number of halogens is 4. The number of nitrogens with one attached hydrogen (secondary N) is 1. The van der Waals surface area contributed by atoms with E-state index in [0.29, 0.717) is 19.7 Å². The Bertz CT molecular complexity index is 2950. The Hall–Kier alpha value is -6.22. The van der Waals surface area contributed by atoms with E-state index in [2.05, 4.69) is 29.7 Å². The van der Waals surface area contributed by atoms with Crippen LogP contribution in [0.4, 0.5) is 17.6 Å². The van der Waals surface area contributed by atoms with E-state index in [1.165, 1.54) is 181 Å². The molecule has 0 aromatic rings. The molecule has 0 saturated carbocycles. The molecule has 1 N–H and O–H groups in total. The second kappa shape index (κ2) is 92.3. The fourth-order valence-corrected chi connectivity index (χ4v) is 1.75. The van der Waals surface area contributed by atoms with E-state index in [1.54, 1.807) is 120 Å². The van der Waals surface area contributed by atoms with E-state index < -0.39 is 123 Å². The topological polar surface area (TPSA) is 481 Å². The first-order chi connectivity index (χ1) is 49.1. The predicted octanol–water partition coefficient (Wildman–Crippen LogP) is 8.69. The van der Waals surface area contributed by atoms with Crippen molar-refractivity contribution in [3.63, 3.8) is 0 Å². The van der Waals surface area contributed by atoms with Crippen molar-refractivity contribution < 1.29 is 139 Å². The first-order valence-electron chi connectivity index (χ1n) is 32.5. The van der Waals surface area contributed by atoms with Gasteiger partial charge in [0.15, 0.2) is 28.9 Å². The minimum Gasteiger partial charge on any atom is -0.353 e. The minimum atomic E-state index is -3.87. The largest absolute Gasteiger partial charge is 0.381 e. The van der Waals surface area contributed by atoms with Gasteiger partial charge in [-0.1, -0.05) is 0 Å². The van der Waals surface area contributed by atoms with Crippen LogP contribution in [-0.4, -0.2) is 353 Å². The molecule has 0 aliphatic carbocycles. The number of likely N-dealkylation sites (N-methyl/N-ethyl adjacent to an activating group) is 3. The molecule has 0 aliphatic heterocycles. The maximum absolute atomic E-state index is 12.4. The summed E-state index contributed by atoms with van der Waals surface area (Å²) in [5.74, 6) is -14.3. The monoisotopic (exact) mass is 1800 g/mol. The summed E-state index contributed by atoms with van der Waals surface area (Å²) in [5.41, 5.74) is 0. The van der Waals surface area contributed by atoms with Crippen LogP contribution in [0.5, 0.6) is 0 Å². The summed E-state index contributed by atoms with van der Waals surface area (Å²) >= 11 is 0. The number of Topliss-reactive ketones (excluding diaryl/α,β-unsaturated/α-hetero) is 15. The van der Waals surface area contributed by atoms with Gasteiger partial charge >= 0.3 is 17.8 Å². The number of alkyl halides is 4. The van der Waals surface area contributed by atoms with E-state index in [9.17, 15) is 139 Å². The lowest BCUT2D eigenvalue weighted by atomic mass is 10.2. The van der Waals surface area contributed by atoms with Crippen LogP contribution < -0.4 is 5.32 Å². The SMILES string of the molecule is CC(=O)C(=O)N(C)C.CC(=O)C(=O)N(C)C.CC(=O)C(C)=O.CC(=O)C(C)=O.CC(=O)C(F)(F)C(=O)N(C)C.CC(=O)C(F)(F)CN(C)C.CC(C)=O.CC(C)=O.CC(C)=O.CC(C)=O.CC(C)=O.CC(C)=O.CN=S(C)(C)=O.CNC(=O)C(C)=O.CP(C)(C)=O.CP(C)(C)=O.CP(C)(C)=O.CP(C)C.CS(C)(=O)=O.CS(C)=O. The molecule has 0 bridgehead atoms. The number of rotatable bonds is 10. The highest BCUT2D eigenvalue weighted by Gasteiger charge is 2.45. The Kier molecular flexibility index (Phi) is 129. The van der Waals surface area contributed by atoms with Crippen LogP contribution in [-0.2, 0) is 135 Å². The normalized spacial score (nSPS) is 9.23. The lowest BCUT2D eigenvalue weighted by molar-refractivity contribution is -0.163. The first-order valence-corrected chi connectivity index (χ1v) is 50.9. The lowest BCUT2D eigenvalue weighted by Crippen LogP contribution is -2.44. The van der Waals surface area contributed by atoms with Gasteiger partial charge in [0.25, 0.3) is 17.7 Å². The van der Waals surface area contributed by atoms with Crippen molar-refractivity contribution in [2.24, 2.45) is 4.36 Å². The van der Waals surface area contributed by atoms with Crippen molar-refractivity contribution in [3.05, 3.63) is 0 Å². The third kappa shape index (κ3) is 402. The molecule has 0 unspecified atom stereocenters. The van der Waals surface area contributed by atoms with Crippen LogP contribution in [0.15, 0.2) is 4.36 Å². The highest BCUT2D eigenvalue weighted by Crippen LogP contribution is 2.29. The van der Waals surface area contributed by atoms with Crippen molar-refractivity contribution in [1.29, 1.82) is 0 Å².